The van der Waals surface area contributed by atoms with E-state index in [2.05, 4.69) is 20.8 Å². The summed E-state index contributed by atoms with van der Waals surface area (Å²) in [6, 6.07) is 0. The van der Waals surface area contributed by atoms with Crippen molar-refractivity contribution in [2.75, 3.05) is 0 Å². The van der Waals surface area contributed by atoms with Crippen molar-refractivity contribution >= 4 is 0 Å². The van der Waals surface area contributed by atoms with Crippen LogP contribution < -0.4 is 0 Å². The molecule has 0 aromatic heterocycles. The summed E-state index contributed by atoms with van der Waals surface area (Å²) in [6.07, 6.45) is 4.88. The summed E-state index contributed by atoms with van der Waals surface area (Å²) in [4.78, 5) is 0. The van der Waals surface area contributed by atoms with Gasteiger partial charge in [0.15, 0.2) is 0 Å². The molecule has 0 aromatic rings. The third-order valence-electron chi connectivity index (χ3n) is 3.44. The summed E-state index contributed by atoms with van der Waals surface area (Å²) in [5.41, 5.74) is 0. The van der Waals surface area contributed by atoms with Gasteiger partial charge < -0.3 is 5.11 Å². The maximum atomic E-state index is 9.99. The third-order valence-corrected chi connectivity index (χ3v) is 3.44. The van der Waals surface area contributed by atoms with Gasteiger partial charge in [0.25, 0.3) is 0 Å². The largest absolute Gasteiger partial charge is 0.393 e. The zero-order valence-electron chi connectivity index (χ0n) is 8.59. The van der Waals surface area contributed by atoms with E-state index in [1.165, 1.54) is 12.8 Å². The minimum Gasteiger partial charge on any atom is -0.393 e. The summed E-state index contributed by atoms with van der Waals surface area (Å²) in [5.74, 6) is 1.90. The highest BCUT2D eigenvalue weighted by atomic mass is 16.3. The van der Waals surface area contributed by atoms with Crippen molar-refractivity contribution in [3.05, 3.63) is 0 Å². The van der Waals surface area contributed by atoms with E-state index in [0.717, 1.165) is 18.8 Å². The predicted octanol–water partition coefficient (Wildman–Crippen LogP) is 2.83. The van der Waals surface area contributed by atoms with Crippen LogP contribution in [0.4, 0.5) is 0 Å². The SMILES string of the molecule is CCC(CC)C(O)C(C)C1CC1. The first kappa shape index (κ1) is 10.0. The van der Waals surface area contributed by atoms with Gasteiger partial charge in [-0.05, 0) is 30.6 Å². The summed E-state index contributed by atoms with van der Waals surface area (Å²) in [6.45, 7) is 6.56. The van der Waals surface area contributed by atoms with Gasteiger partial charge in [0.2, 0.25) is 0 Å². The van der Waals surface area contributed by atoms with Crippen LogP contribution in [0.1, 0.15) is 46.5 Å². The summed E-state index contributed by atoms with van der Waals surface area (Å²) in [7, 11) is 0. The van der Waals surface area contributed by atoms with Crippen LogP contribution in [-0.2, 0) is 0 Å². The normalized spacial score (nSPS) is 22.8. The Kier molecular flexibility index (Phi) is 3.57. The summed E-state index contributed by atoms with van der Waals surface area (Å²) in [5, 5.41) is 9.99. The molecule has 1 N–H and O–H groups in total. The Bertz CT molecular complexity index is 123. The van der Waals surface area contributed by atoms with E-state index in [0.29, 0.717) is 11.8 Å². The van der Waals surface area contributed by atoms with E-state index >= 15 is 0 Å². The van der Waals surface area contributed by atoms with Crippen molar-refractivity contribution in [1.29, 1.82) is 0 Å². The molecule has 0 radical (unpaired) electrons. The van der Waals surface area contributed by atoms with Crippen LogP contribution in [0.5, 0.6) is 0 Å². The fourth-order valence-electron chi connectivity index (χ4n) is 2.10. The Morgan fingerprint density at radius 3 is 2.08 bits per heavy atom. The minimum absolute atomic E-state index is 0.0486. The molecule has 2 atom stereocenters. The monoisotopic (exact) mass is 170 g/mol. The Labute approximate surface area is 76.2 Å². The van der Waals surface area contributed by atoms with E-state index in [1.807, 2.05) is 0 Å². The molecular weight excluding hydrogens is 148 g/mol. The predicted molar refractivity (Wildman–Crippen MR) is 52.0 cm³/mol. The molecule has 1 aliphatic carbocycles. The summed E-state index contributed by atoms with van der Waals surface area (Å²) >= 11 is 0. The van der Waals surface area contributed by atoms with Gasteiger partial charge in [-0.3, -0.25) is 0 Å². The van der Waals surface area contributed by atoms with E-state index < -0.39 is 0 Å². The zero-order valence-corrected chi connectivity index (χ0v) is 8.59. The highest BCUT2D eigenvalue weighted by molar-refractivity contribution is 4.85. The Morgan fingerprint density at radius 2 is 1.75 bits per heavy atom. The molecule has 1 heteroatoms. The molecule has 72 valence electrons. The fraction of sp³-hybridized carbons (Fsp3) is 1.00. The molecule has 1 saturated carbocycles. The van der Waals surface area contributed by atoms with Crippen LogP contribution in [0.25, 0.3) is 0 Å². The molecule has 2 unspecified atom stereocenters. The van der Waals surface area contributed by atoms with E-state index in [1.54, 1.807) is 0 Å². The first-order chi connectivity index (χ1) is 5.70. The number of aliphatic hydroxyl groups excluding tert-OH is 1. The van der Waals surface area contributed by atoms with Crippen molar-refractivity contribution in [3.8, 4) is 0 Å². The van der Waals surface area contributed by atoms with Gasteiger partial charge in [0.1, 0.15) is 0 Å². The second-order valence-corrected chi connectivity index (χ2v) is 4.26. The van der Waals surface area contributed by atoms with Crippen molar-refractivity contribution in [2.45, 2.75) is 52.6 Å². The van der Waals surface area contributed by atoms with Gasteiger partial charge in [-0.25, -0.2) is 0 Å². The van der Waals surface area contributed by atoms with Gasteiger partial charge in [-0.2, -0.15) is 0 Å². The molecule has 0 spiro atoms. The van der Waals surface area contributed by atoms with Crippen molar-refractivity contribution in [1.82, 2.24) is 0 Å². The van der Waals surface area contributed by atoms with Gasteiger partial charge >= 0.3 is 0 Å². The van der Waals surface area contributed by atoms with Gasteiger partial charge in [-0.1, -0.05) is 33.6 Å². The lowest BCUT2D eigenvalue weighted by atomic mass is 9.86. The molecule has 0 aromatic carbocycles. The quantitative estimate of drug-likeness (QED) is 0.672. The molecule has 0 heterocycles. The van der Waals surface area contributed by atoms with E-state index in [4.69, 9.17) is 0 Å². The average molecular weight is 170 g/mol. The Hall–Kier alpha value is -0.0400. The van der Waals surface area contributed by atoms with E-state index in [9.17, 15) is 5.11 Å². The van der Waals surface area contributed by atoms with Crippen molar-refractivity contribution in [3.63, 3.8) is 0 Å². The van der Waals surface area contributed by atoms with Gasteiger partial charge in [0.05, 0.1) is 6.10 Å². The maximum Gasteiger partial charge on any atom is 0.0596 e. The fourth-order valence-corrected chi connectivity index (χ4v) is 2.10. The Morgan fingerprint density at radius 1 is 1.25 bits per heavy atom. The van der Waals surface area contributed by atoms with E-state index in [-0.39, 0.29) is 6.10 Å². The first-order valence-corrected chi connectivity index (χ1v) is 5.38. The lowest BCUT2D eigenvalue weighted by Crippen LogP contribution is -2.27. The molecular formula is C11H22O. The molecule has 1 rings (SSSR count). The molecule has 1 nitrogen and oxygen atoms in total. The zero-order chi connectivity index (χ0) is 9.14. The first-order valence-electron chi connectivity index (χ1n) is 5.38. The van der Waals surface area contributed by atoms with Gasteiger partial charge in [-0.15, -0.1) is 0 Å². The summed E-state index contributed by atoms with van der Waals surface area (Å²) < 4.78 is 0. The number of hydrogen-bond donors (Lipinski definition) is 1. The molecule has 0 aliphatic heterocycles. The lowest BCUT2D eigenvalue weighted by molar-refractivity contribution is 0.0446. The number of rotatable bonds is 5. The number of hydrogen-bond acceptors (Lipinski definition) is 1. The second kappa shape index (κ2) is 4.27. The topological polar surface area (TPSA) is 20.2 Å². The molecule has 0 saturated heterocycles. The highest BCUT2D eigenvalue weighted by Crippen LogP contribution is 2.40. The molecule has 1 fully saturated rings. The van der Waals surface area contributed by atoms with Crippen LogP contribution in [0.3, 0.4) is 0 Å². The van der Waals surface area contributed by atoms with Crippen LogP contribution in [0.2, 0.25) is 0 Å². The Balaban J connectivity index is 2.36. The smallest absolute Gasteiger partial charge is 0.0596 e. The molecule has 12 heavy (non-hydrogen) atoms. The maximum absolute atomic E-state index is 9.99. The van der Waals surface area contributed by atoms with Crippen molar-refractivity contribution in [2.24, 2.45) is 17.8 Å². The van der Waals surface area contributed by atoms with Crippen LogP contribution in [-0.4, -0.2) is 11.2 Å². The average Bonchev–Trinajstić information content (AvgIpc) is 2.87. The van der Waals surface area contributed by atoms with Crippen LogP contribution in [0, 0.1) is 17.8 Å². The van der Waals surface area contributed by atoms with Crippen molar-refractivity contribution < 1.29 is 5.11 Å². The van der Waals surface area contributed by atoms with Crippen LogP contribution >= 0.6 is 0 Å². The molecule has 1 aliphatic rings. The standard InChI is InChI=1S/C11H22O/c1-4-9(5-2)11(12)8(3)10-6-7-10/h8-12H,4-7H2,1-3H3. The second-order valence-electron chi connectivity index (χ2n) is 4.26. The number of aliphatic hydroxyl groups is 1. The minimum atomic E-state index is -0.0486. The highest BCUT2D eigenvalue weighted by Gasteiger charge is 2.34. The molecule has 0 amide bonds. The molecule has 0 bridgehead atoms. The lowest BCUT2D eigenvalue weighted by Gasteiger charge is -2.25. The van der Waals surface area contributed by atoms with Gasteiger partial charge in [0, 0.05) is 0 Å². The van der Waals surface area contributed by atoms with Crippen LogP contribution in [0.15, 0.2) is 0 Å². The third kappa shape index (κ3) is 2.22.